The van der Waals surface area contributed by atoms with Crippen LogP contribution in [0.5, 0.6) is 0 Å². The summed E-state index contributed by atoms with van der Waals surface area (Å²) >= 11 is 0. The molecular weight excluding hydrogens is 288 g/mol. The van der Waals surface area contributed by atoms with Gasteiger partial charge in [-0.15, -0.1) is 0 Å². The first-order valence-electron chi connectivity index (χ1n) is 8.12. The number of nitrogens with one attached hydrogen (secondary N) is 1. The highest BCUT2D eigenvalue weighted by molar-refractivity contribution is 5.10. The third-order valence-electron chi connectivity index (χ3n) is 3.82. The molecule has 2 aromatic heterocycles. The molecule has 0 saturated carbocycles. The van der Waals surface area contributed by atoms with Crippen LogP contribution in [0.3, 0.4) is 0 Å². The summed E-state index contributed by atoms with van der Waals surface area (Å²) in [5.41, 5.74) is 3.37. The maximum Gasteiger partial charge on any atom is 0.130 e. The fraction of sp³-hybridized carbons (Fsp3) is 0.588. The van der Waals surface area contributed by atoms with E-state index in [0.29, 0.717) is 5.92 Å². The van der Waals surface area contributed by atoms with Crippen LogP contribution in [0, 0.1) is 6.92 Å². The van der Waals surface area contributed by atoms with Gasteiger partial charge in [-0.1, -0.05) is 13.8 Å². The number of hydrogen-bond acceptors (Lipinski definition) is 5. The molecule has 0 aliphatic carbocycles. The van der Waals surface area contributed by atoms with Gasteiger partial charge in [-0.3, -0.25) is 4.90 Å². The number of nitrogens with zero attached hydrogens (tertiary/aromatic N) is 5. The minimum absolute atomic E-state index is 0.362. The van der Waals surface area contributed by atoms with Crippen molar-refractivity contribution in [2.45, 2.75) is 39.8 Å². The van der Waals surface area contributed by atoms with Gasteiger partial charge in [-0.25, -0.2) is 15.0 Å². The van der Waals surface area contributed by atoms with E-state index in [1.54, 1.807) is 6.33 Å². The standard InChI is InChI=1S/C17H28N6/c1-13(2)17-18-8-15(9-19-17)10-23(7-6-22(4)5)11-16-14(3)20-12-21-16/h8-9,12-13H,6-7,10-11H2,1-5H3,(H,20,21). The molecule has 1 N–H and O–H groups in total. The maximum atomic E-state index is 4.47. The van der Waals surface area contributed by atoms with Gasteiger partial charge in [0.1, 0.15) is 5.82 Å². The zero-order valence-corrected chi connectivity index (χ0v) is 14.9. The van der Waals surface area contributed by atoms with Gasteiger partial charge < -0.3 is 9.88 Å². The van der Waals surface area contributed by atoms with E-state index >= 15 is 0 Å². The van der Waals surface area contributed by atoms with Gasteiger partial charge in [0.15, 0.2) is 0 Å². The third-order valence-corrected chi connectivity index (χ3v) is 3.82. The van der Waals surface area contributed by atoms with Gasteiger partial charge in [0.2, 0.25) is 0 Å². The van der Waals surface area contributed by atoms with Crippen molar-refractivity contribution in [2.75, 3.05) is 27.2 Å². The minimum Gasteiger partial charge on any atom is -0.348 e. The molecule has 126 valence electrons. The summed E-state index contributed by atoms with van der Waals surface area (Å²) in [6, 6.07) is 0. The Morgan fingerprint density at radius 1 is 1.04 bits per heavy atom. The van der Waals surface area contributed by atoms with Crippen molar-refractivity contribution in [3.05, 3.63) is 41.5 Å². The monoisotopic (exact) mass is 316 g/mol. The van der Waals surface area contributed by atoms with Crippen LogP contribution < -0.4 is 0 Å². The van der Waals surface area contributed by atoms with Crippen molar-refractivity contribution in [2.24, 2.45) is 0 Å². The average Bonchev–Trinajstić information content (AvgIpc) is 2.90. The molecule has 0 radical (unpaired) electrons. The van der Waals surface area contributed by atoms with E-state index in [9.17, 15) is 0 Å². The minimum atomic E-state index is 0.362. The Morgan fingerprint density at radius 3 is 2.26 bits per heavy atom. The van der Waals surface area contributed by atoms with Crippen LogP contribution in [-0.2, 0) is 13.1 Å². The summed E-state index contributed by atoms with van der Waals surface area (Å²) in [5, 5.41) is 0. The van der Waals surface area contributed by atoms with E-state index in [-0.39, 0.29) is 0 Å². The molecule has 0 aromatic carbocycles. The predicted molar refractivity (Wildman–Crippen MR) is 92.1 cm³/mol. The Hall–Kier alpha value is -1.79. The molecule has 0 fully saturated rings. The Bertz CT molecular complexity index is 587. The molecule has 0 aliphatic rings. The molecule has 0 amide bonds. The van der Waals surface area contributed by atoms with Crippen LogP contribution in [-0.4, -0.2) is 56.9 Å². The van der Waals surface area contributed by atoms with Crippen molar-refractivity contribution in [3.8, 4) is 0 Å². The Balaban J connectivity index is 2.05. The zero-order valence-electron chi connectivity index (χ0n) is 14.9. The highest BCUT2D eigenvalue weighted by atomic mass is 15.2. The van der Waals surface area contributed by atoms with E-state index < -0.39 is 0 Å². The Labute approximate surface area is 139 Å². The topological polar surface area (TPSA) is 60.9 Å². The summed E-state index contributed by atoms with van der Waals surface area (Å²) in [5.74, 6) is 1.26. The van der Waals surface area contributed by atoms with Gasteiger partial charge in [-0.05, 0) is 21.0 Å². The van der Waals surface area contributed by atoms with Crippen molar-refractivity contribution in [1.29, 1.82) is 0 Å². The Kier molecular flexibility index (Phi) is 6.24. The fourth-order valence-corrected chi connectivity index (χ4v) is 2.32. The first-order chi connectivity index (χ1) is 11.0. The van der Waals surface area contributed by atoms with Crippen LogP contribution >= 0.6 is 0 Å². The molecule has 0 aliphatic heterocycles. The molecule has 2 rings (SSSR count). The summed E-state index contributed by atoms with van der Waals surface area (Å²) in [6.45, 7) is 9.93. The maximum absolute atomic E-state index is 4.47. The molecule has 0 unspecified atom stereocenters. The first kappa shape index (κ1) is 17.6. The number of aryl methyl sites for hydroxylation is 1. The quantitative estimate of drug-likeness (QED) is 0.809. The second-order valence-electron chi connectivity index (χ2n) is 6.59. The number of imidazole rings is 1. The van der Waals surface area contributed by atoms with Crippen LogP contribution in [0.1, 0.15) is 42.5 Å². The van der Waals surface area contributed by atoms with E-state index in [1.807, 2.05) is 12.4 Å². The van der Waals surface area contributed by atoms with Crippen molar-refractivity contribution < 1.29 is 0 Å². The Morgan fingerprint density at radius 2 is 1.74 bits per heavy atom. The summed E-state index contributed by atoms with van der Waals surface area (Å²) in [7, 11) is 4.19. The van der Waals surface area contributed by atoms with Gasteiger partial charge in [-0.2, -0.15) is 0 Å². The molecule has 23 heavy (non-hydrogen) atoms. The lowest BCUT2D eigenvalue weighted by atomic mass is 10.2. The molecule has 0 bridgehead atoms. The number of rotatable bonds is 8. The predicted octanol–water partition coefficient (Wildman–Crippen LogP) is 2.20. The van der Waals surface area contributed by atoms with Gasteiger partial charge in [0.25, 0.3) is 0 Å². The molecule has 6 nitrogen and oxygen atoms in total. The number of H-pyrrole nitrogens is 1. The molecule has 2 aromatic rings. The molecule has 0 atom stereocenters. The highest BCUT2D eigenvalue weighted by Crippen LogP contribution is 2.12. The number of hydrogen-bond donors (Lipinski definition) is 1. The van der Waals surface area contributed by atoms with E-state index in [2.05, 4.69) is 64.6 Å². The number of aromatic nitrogens is 4. The molecular formula is C17H28N6. The first-order valence-corrected chi connectivity index (χ1v) is 8.12. The van der Waals surface area contributed by atoms with Gasteiger partial charge >= 0.3 is 0 Å². The van der Waals surface area contributed by atoms with Crippen molar-refractivity contribution in [3.63, 3.8) is 0 Å². The van der Waals surface area contributed by atoms with Crippen LogP contribution in [0.2, 0.25) is 0 Å². The lowest BCUT2D eigenvalue weighted by Gasteiger charge is -2.23. The lowest BCUT2D eigenvalue weighted by molar-refractivity contribution is 0.223. The average molecular weight is 316 g/mol. The van der Waals surface area contributed by atoms with Crippen molar-refractivity contribution in [1.82, 2.24) is 29.7 Å². The lowest BCUT2D eigenvalue weighted by Crippen LogP contribution is -2.31. The summed E-state index contributed by atoms with van der Waals surface area (Å²) < 4.78 is 0. The van der Waals surface area contributed by atoms with E-state index in [4.69, 9.17) is 0 Å². The molecule has 2 heterocycles. The SMILES string of the molecule is Cc1[nH]cnc1CN(CCN(C)C)Cc1cnc(C(C)C)nc1. The largest absolute Gasteiger partial charge is 0.348 e. The molecule has 0 spiro atoms. The highest BCUT2D eigenvalue weighted by Gasteiger charge is 2.12. The molecule has 0 saturated heterocycles. The third kappa shape index (κ3) is 5.41. The normalized spacial score (nSPS) is 11.8. The second kappa shape index (κ2) is 8.17. The van der Waals surface area contributed by atoms with Gasteiger partial charge in [0, 0.05) is 55.7 Å². The summed E-state index contributed by atoms with van der Waals surface area (Å²) in [6.07, 6.45) is 5.65. The second-order valence-corrected chi connectivity index (χ2v) is 6.59. The molecule has 6 heteroatoms. The van der Waals surface area contributed by atoms with E-state index in [0.717, 1.165) is 49.0 Å². The van der Waals surface area contributed by atoms with Crippen LogP contribution in [0.25, 0.3) is 0 Å². The van der Waals surface area contributed by atoms with E-state index in [1.165, 1.54) is 0 Å². The van der Waals surface area contributed by atoms with Crippen LogP contribution in [0.4, 0.5) is 0 Å². The van der Waals surface area contributed by atoms with Crippen molar-refractivity contribution >= 4 is 0 Å². The number of aromatic amines is 1. The number of likely N-dealkylation sites (N-methyl/N-ethyl adjacent to an activating group) is 1. The summed E-state index contributed by atoms with van der Waals surface area (Å²) in [4.78, 5) is 21.1. The van der Waals surface area contributed by atoms with Gasteiger partial charge in [0.05, 0.1) is 12.0 Å². The zero-order chi connectivity index (χ0) is 16.8. The smallest absolute Gasteiger partial charge is 0.130 e. The fourth-order valence-electron chi connectivity index (χ4n) is 2.32. The van der Waals surface area contributed by atoms with Crippen LogP contribution in [0.15, 0.2) is 18.7 Å².